The molecule has 3 nitrogen and oxygen atoms in total. The standard InChI is InChI=1S/C13H21NO2S/c1-13(2,3)16-12(15)14-6-8-4-7-5-9(8)10(14)11(7)17/h7-11,17H,4-6H2,1-3H3. The van der Waals surface area contributed by atoms with Gasteiger partial charge in [-0.2, -0.15) is 12.6 Å². The van der Waals surface area contributed by atoms with Crippen LogP contribution in [0.5, 0.6) is 0 Å². The molecule has 3 aliphatic rings. The fourth-order valence-electron chi connectivity index (χ4n) is 3.95. The van der Waals surface area contributed by atoms with Crippen LogP contribution in [0.4, 0.5) is 4.79 Å². The Kier molecular flexibility index (Phi) is 2.45. The van der Waals surface area contributed by atoms with Gasteiger partial charge >= 0.3 is 6.09 Å². The number of likely N-dealkylation sites (tertiary alicyclic amines) is 1. The predicted molar refractivity (Wildman–Crippen MR) is 69.2 cm³/mol. The Bertz CT molecular complexity index is 350. The third kappa shape index (κ3) is 1.76. The second-order valence-electron chi connectivity index (χ2n) is 6.77. The van der Waals surface area contributed by atoms with Gasteiger partial charge in [0.05, 0.1) is 6.04 Å². The SMILES string of the molecule is CC(C)(C)OC(=O)N1CC2CC3CC2C1C3S. The lowest BCUT2D eigenvalue weighted by Gasteiger charge is -2.31. The zero-order valence-corrected chi connectivity index (χ0v) is 11.6. The fourth-order valence-corrected chi connectivity index (χ4v) is 4.57. The average molecular weight is 255 g/mol. The Hall–Kier alpha value is -0.380. The lowest BCUT2D eigenvalue weighted by Crippen LogP contribution is -2.44. The van der Waals surface area contributed by atoms with Gasteiger partial charge in [-0.3, -0.25) is 0 Å². The second kappa shape index (κ2) is 3.56. The van der Waals surface area contributed by atoms with Crippen molar-refractivity contribution in [3.8, 4) is 0 Å². The number of amides is 1. The lowest BCUT2D eigenvalue weighted by atomic mass is 9.90. The van der Waals surface area contributed by atoms with Crippen molar-refractivity contribution in [1.82, 2.24) is 4.90 Å². The van der Waals surface area contributed by atoms with Gasteiger partial charge in [-0.1, -0.05) is 0 Å². The van der Waals surface area contributed by atoms with E-state index in [2.05, 4.69) is 0 Å². The van der Waals surface area contributed by atoms with Crippen molar-refractivity contribution in [2.24, 2.45) is 17.8 Å². The van der Waals surface area contributed by atoms with E-state index >= 15 is 0 Å². The maximum atomic E-state index is 12.2. The number of carbonyl (C=O) groups excluding carboxylic acids is 1. The van der Waals surface area contributed by atoms with E-state index in [9.17, 15) is 4.79 Å². The molecule has 0 radical (unpaired) electrons. The van der Waals surface area contributed by atoms with Gasteiger partial charge in [0.15, 0.2) is 0 Å². The van der Waals surface area contributed by atoms with Gasteiger partial charge in [-0.25, -0.2) is 4.79 Å². The normalized spacial score (nSPS) is 43.3. The molecule has 2 saturated carbocycles. The van der Waals surface area contributed by atoms with Crippen LogP contribution in [0.15, 0.2) is 0 Å². The highest BCUT2D eigenvalue weighted by atomic mass is 32.1. The highest BCUT2D eigenvalue weighted by Crippen LogP contribution is 2.56. The van der Waals surface area contributed by atoms with Crippen molar-refractivity contribution in [1.29, 1.82) is 0 Å². The molecule has 3 rings (SSSR count). The summed E-state index contributed by atoms with van der Waals surface area (Å²) in [5.41, 5.74) is -0.400. The Morgan fingerprint density at radius 1 is 1.29 bits per heavy atom. The molecule has 0 aromatic rings. The number of fused-ring (bicyclic) bond motifs is 1. The molecule has 2 aliphatic carbocycles. The molecule has 4 heteroatoms. The lowest BCUT2D eigenvalue weighted by molar-refractivity contribution is 0.0222. The largest absolute Gasteiger partial charge is 0.444 e. The monoisotopic (exact) mass is 255 g/mol. The van der Waals surface area contributed by atoms with Gasteiger partial charge in [-0.15, -0.1) is 0 Å². The molecule has 0 N–H and O–H groups in total. The molecule has 0 aromatic heterocycles. The van der Waals surface area contributed by atoms with Crippen LogP contribution < -0.4 is 0 Å². The Morgan fingerprint density at radius 2 is 2.00 bits per heavy atom. The molecule has 1 saturated heterocycles. The van der Waals surface area contributed by atoms with Crippen LogP contribution in [0.3, 0.4) is 0 Å². The summed E-state index contributed by atoms with van der Waals surface area (Å²) in [6.45, 7) is 6.65. The molecule has 5 unspecified atom stereocenters. The van der Waals surface area contributed by atoms with Crippen molar-refractivity contribution in [2.45, 2.75) is 50.5 Å². The van der Waals surface area contributed by atoms with Crippen LogP contribution >= 0.6 is 12.6 Å². The molecule has 3 fully saturated rings. The number of carbonyl (C=O) groups is 1. The fraction of sp³-hybridized carbons (Fsp3) is 0.923. The smallest absolute Gasteiger partial charge is 0.410 e. The summed E-state index contributed by atoms with van der Waals surface area (Å²) in [7, 11) is 0. The van der Waals surface area contributed by atoms with Gasteiger partial charge in [0.25, 0.3) is 0 Å². The van der Waals surface area contributed by atoms with Gasteiger partial charge in [0.2, 0.25) is 0 Å². The number of nitrogens with zero attached hydrogens (tertiary/aromatic N) is 1. The molecule has 1 heterocycles. The van der Waals surface area contributed by atoms with E-state index < -0.39 is 5.60 Å². The first-order valence-corrected chi connectivity index (χ1v) is 7.06. The minimum atomic E-state index is -0.400. The zero-order valence-electron chi connectivity index (χ0n) is 10.7. The third-order valence-corrected chi connectivity index (χ3v) is 5.20. The molecule has 1 aliphatic heterocycles. The van der Waals surface area contributed by atoms with Crippen LogP contribution in [0.1, 0.15) is 33.6 Å². The van der Waals surface area contributed by atoms with Crippen molar-refractivity contribution in [3.63, 3.8) is 0 Å². The molecule has 17 heavy (non-hydrogen) atoms. The van der Waals surface area contributed by atoms with Crippen LogP contribution in [0, 0.1) is 17.8 Å². The van der Waals surface area contributed by atoms with Crippen LogP contribution in [0.25, 0.3) is 0 Å². The number of ether oxygens (including phenoxy) is 1. The quantitative estimate of drug-likeness (QED) is 0.674. The van der Waals surface area contributed by atoms with E-state index in [1.54, 1.807) is 0 Å². The molecule has 0 spiro atoms. The van der Waals surface area contributed by atoms with Gasteiger partial charge in [-0.05, 0) is 51.4 Å². The molecule has 1 amide bonds. The van der Waals surface area contributed by atoms with E-state index in [0.29, 0.717) is 23.1 Å². The topological polar surface area (TPSA) is 29.5 Å². The summed E-state index contributed by atoms with van der Waals surface area (Å²) in [4.78, 5) is 14.1. The van der Waals surface area contributed by atoms with Crippen LogP contribution in [-0.2, 0) is 4.74 Å². The van der Waals surface area contributed by atoms with Gasteiger partial charge in [0.1, 0.15) is 5.60 Å². The third-order valence-electron chi connectivity index (χ3n) is 4.48. The predicted octanol–water partition coefficient (Wildman–Crippen LogP) is 2.56. The average Bonchev–Trinajstić information content (AvgIpc) is 2.73. The number of hydrogen-bond acceptors (Lipinski definition) is 3. The number of thiol groups is 1. The van der Waals surface area contributed by atoms with E-state index in [1.165, 1.54) is 12.8 Å². The highest BCUT2D eigenvalue weighted by molar-refractivity contribution is 7.81. The summed E-state index contributed by atoms with van der Waals surface area (Å²) >= 11 is 4.72. The van der Waals surface area contributed by atoms with E-state index in [-0.39, 0.29) is 6.09 Å². The maximum absolute atomic E-state index is 12.2. The van der Waals surface area contributed by atoms with Crippen LogP contribution in [-0.4, -0.2) is 34.4 Å². The summed E-state index contributed by atoms with van der Waals surface area (Å²) in [6.07, 6.45) is 2.38. The second-order valence-corrected chi connectivity index (χ2v) is 7.37. The van der Waals surface area contributed by atoms with Crippen LogP contribution in [0.2, 0.25) is 0 Å². The molecule has 96 valence electrons. The molecule has 0 aromatic carbocycles. The first kappa shape index (κ1) is 11.7. The summed E-state index contributed by atoms with van der Waals surface area (Å²) in [5.74, 6) is 2.13. The summed E-state index contributed by atoms with van der Waals surface area (Å²) in [5, 5.41) is 0.367. The van der Waals surface area contributed by atoms with Gasteiger partial charge in [0, 0.05) is 11.8 Å². The maximum Gasteiger partial charge on any atom is 0.410 e. The molecular weight excluding hydrogens is 234 g/mol. The van der Waals surface area contributed by atoms with Crippen molar-refractivity contribution in [2.75, 3.05) is 6.54 Å². The Labute approximate surface area is 108 Å². The van der Waals surface area contributed by atoms with E-state index in [0.717, 1.165) is 12.5 Å². The van der Waals surface area contributed by atoms with Crippen molar-refractivity contribution < 1.29 is 9.53 Å². The molecule has 5 atom stereocenters. The Morgan fingerprint density at radius 3 is 2.59 bits per heavy atom. The van der Waals surface area contributed by atoms with Gasteiger partial charge < -0.3 is 9.64 Å². The van der Waals surface area contributed by atoms with E-state index in [1.807, 2.05) is 25.7 Å². The minimum Gasteiger partial charge on any atom is -0.444 e. The van der Waals surface area contributed by atoms with Crippen molar-refractivity contribution >= 4 is 18.7 Å². The summed E-state index contributed by atoms with van der Waals surface area (Å²) < 4.78 is 5.50. The Balaban J connectivity index is 1.76. The summed E-state index contributed by atoms with van der Waals surface area (Å²) in [6, 6.07) is 0.330. The first-order chi connectivity index (χ1) is 7.87. The minimum absolute atomic E-state index is 0.142. The molecule has 2 bridgehead atoms. The van der Waals surface area contributed by atoms with E-state index in [4.69, 9.17) is 17.4 Å². The first-order valence-electron chi connectivity index (χ1n) is 6.54. The zero-order chi connectivity index (χ0) is 12.4. The molecular formula is C13H21NO2S. The highest BCUT2D eigenvalue weighted by Gasteiger charge is 2.59. The van der Waals surface area contributed by atoms with Crippen molar-refractivity contribution in [3.05, 3.63) is 0 Å². The number of rotatable bonds is 0. The number of hydrogen-bond donors (Lipinski definition) is 1.